The standard InChI is InChI=1S/C42H25N5O/c1-2-11-26(12-3-1)39-44-40(27-22-23-38-34(25-27)33-18-10-24-43-42(33)48-38)46-41(45-39)32-17-8-16-29-28(32)15-9-21-37(29)47-35-19-6-4-13-30(35)31-14-5-7-20-36(31)47/h1-25H. The Morgan fingerprint density at radius 3 is 1.90 bits per heavy atom. The molecule has 0 amide bonds. The van der Waals surface area contributed by atoms with Crippen molar-refractivity contribution in [3.8, 4) is 39.9 Å². The fraction of sp³-hybridized carbons (Fsp3) is 0. The maximum Gasteiger partial charge on any atom is 0.227 e. The number of fused-ring (bicyclic) bond motifs is 7. The van der Waals surface area contributed by atoms with E-state index < -0.39 is 0 Å². The summed E-state index contributed by atoms with van der Waals surface area (Å²) in [6.07, 6.45) is 1.74. The van der Waals surface area contributed by atoms with Gasteiger partial charge in [0.2, 0.25) is 5.71 Å². The van der Waals surface area contributed by atoms with E-state index in [-0.39, 0.29) is 0 Å². The number of hydrogen-bond donors (Lipinski definition) is 0. The molecule has 0 bridgehead atoms. The van der Waals surface area contributed by atoms with Crippen molar-refractivity contribution in [3.05, 3.63) is 152 Å². The zero-order valence-electron chi connectivity index (χ0n) is 25.6. The molecule has 0 saturated carbocycles. The second-order valence-corrected chi connectivity index (χ2v) is 11.9. The van der Waals surface area contributed by atoms with Crippen molar-refractivity contribution in [1.29, 1.82) is 0 Å². The highest BCUT2D eigenvalue weighted by atomic mass is 16.3. The summed E-state index contributed by atoms with van der Waals surface area (Å²) in [5, 5.41) is 6.57. The lowest BCUT2D eigenvalue weighted by Gasteiger charge is -2.14. The molecule has 0 saturated heterocycles. The highest BCUT2D eigenvalue weighted by Gasteiger charge is 2.18. The first kappa shape index (κ1) is 26.5. The summed E-state index contributed by atoms with van der Waals surface area (Å²) in [7, 11) is 0. The molecule has 0 aliphatic heterocycles. The van der Waals surface area contributed by atoms with Gasteiger partial charge in [-0.3, -0.25) is 0 Å². The van der Waals surface area contributed by atoms with E-state index in [4.69, 9.17) is 19.4 Å². The largest absolute Gasteiger partial charge is 0.438 e. The average Bonchev–Trinajstić information content (AvgIpc) is 3.70. The highest BCUT2D eigenvalue weighted by molar-refractivity contribution is 6.11. The number of nitrogens with zero attached hydrogens (tertiary/aromatic N) is 5. The molecule has 0 fully saturated rings. The molecular formula is C42H25N5O. The number of aromatic nitrogens is 5. The van der Waals surface area contributed by atoms with Gasteiger partial charge in [-0.25, -0.2) is 19.9 Å². The van der Waals surface area contributed by atoms with Crippen molar-refractivity contribution in [2.24, 2.45) is 0 Å². The van der Waals surface area contributed by atoms with E-state index in [2.05, 4.69) is 101 Å². The molecular weight excluding hydrogens is 590 g/mol. The maximum atomic E-state index is 6.01. The van der Waals surface area contributed by atoms with Crippen molar-refractivity contribution in [1.82, 2.24) is 24.5 Å². The van der Waals surface area contributed by atoms with Crippen molar-refractivity contribution < 1.29 is 4.42 Å². The molecule has 4 aromatic heterocycles. The summed E-state index contributed by atoms with van der Waals surface area (Å²) < 4.78 is 8.37. The van der Waals surface area contributed by atoms with Gasteiger partial charge in [0.1, 0.15) is 5.58 Å². The molecule has 10 aromatic rings. The minimum Gasteiger partial charge on any atom is -0.438 e. The molecule has 6 aromatic carbocycles. The van der Waals surface area contributed by atoms with Crippen LogP contribution in [0.4, 0.5) is 0 Å². The Bertz CT molecular complexity index is 2800. The summed E-state index contributed by atoms with van der Waals surface area (Å²) in [6, 6.07) is 50.1. The Balaban J connectivity index is 1.21. The van der Waals surface area contributed by atoms with Crippen LogP contribution in [0.2, 0.25) is 0 Å². The van der Waals surface area contributed by atoms with Crippen LogP contribution in [-0.2, 0) is 0 Å². The third kappa shape index (κ3) is 4.06. The lowest BCUT2D eigenvalue weighted by molar-refractivity contribution is 0.654. The van der Waals surface area contributed by atoms with E-state index in [1.807, 2.05) is 54.6 Å². The number of rotatable bonds is 4. The first-order chi connectivity index (χ1) is 23.8. The van der Waals surface area contributed by atoms with Crippen molar-refractivity contribution in [2.45, 2.75) is 0 Å². The van der Waals surface area contributed by atoms with E-state index in [1.165, 1.54) is 21.8 Å². The molecule has 48 heavy (non-hydrogen) atoms. The summed E-state index contributed by atoms with van der Waals surface area (Å²) in [5.41, 5.74) is 7.57. The second-order valence-electron chi connectivity index (χ2n) is 11.9. The van der Waals surface area contributed by atoms with Gasteiger partial charge in [0.15, 0.2) is 17.5 Å². The number of para-hydroxylation sites is 2. The summed E-state index contributed by atoms with van der Waals surface area (Å²) in [6.45, 7) is 0. The third-order valence-electron chi connectivity index (χ3n) is 9.13. The van der Waals surface area contributed by atoms with Gasteiger partial charge in [-0.15, -0.1) is 0 Å². The predicted molar refractivity (Wildman–Crippen MR) is 193 cm³/mol. The topological polar surface area (TPSA) is 69.6 Å². The first-order valence-electron chi connectivity index (χ1n) is 15.9. The van der Waals surface area contributed by atoms with Crippen LogP contribution in [0.1, 0.15) is 0 Å². The molecule has 4 heterocycles. The van der Waals surface area contributed by atoms with Gasteiger partial charge in [-0.05, 0) is 53.9 Å². The van der Waals surface area contributed by atoms with Gasteiger partial charge in [0, 0.05) is 49.8 Å². The molecule has 0 atom stereocenters. The van der Waals surface area contributed by atoms with Gasteiger partial charge in [-0.2, -0.15) is 0 Å². The minimum absolute atomic E-state index is 0.592. The summed E-state index contributed by atoms with van der Waals surface area (Å²) in [4.78, 5) is 19.6. The quantitative estimate of drug-likeness (QED) is 0.197. The fourth-order valence-corrected chi connectivity index (χ4v) is 6.96. The minimum atomic E-state index is 0.592. The molecule has 0 aliphatic rings. The lowest BCUT2D eigenvalue weighted by Crippen LogP contribution is -2.01. The molecule has 0 unspecified atom stereocenters. The van der Waals surface area contributed by atoms with Gasteiger partial charge in [0.25, 0.3) is 0 Å². The van der Waals surface area contributed by atoms with E-state index in [1.54, 1.807) is 6.20 Å². The molecule has 0 radical (unpaired) electrons. The number of pyridine rings is 1. The maximum absolute atomic E-state index is 6.01. The van der Waals surface area contributed by atoms with Gasteiger partial charge < -0.3 is 8.98 Å². The molecule has 6 heteroatoms. The Hall–Kier alpha value is -6.66. The molecule has 0 N–H and O–H groups in total. The average molecular weight is 616 g/mol. The van der Waals surface area contributed by atoms with Gasteiger partial charge in [0.05, 0.1) is 16.7 Å². The molecule has 224 valence electrons. The zero-order valence-corrected chi connectivity index (χ0v) is 25.6. The van der Waals surface area contributed by atoms with Crippen LogP contribution in [0.3, 0.4) is 0 Å². The van der Waals surface area contributed by atoms with E-state index >= 15 is 0 Å². The third-order valence-corrected chi connectivity index (χ3v) is 9.13. The SMILES string of the molecule is c1ccc(-c2nc(-c3ccc4oc5ncccc5c4c3)nc(-c3cccc4c(-n5c6ccccc6c6ccccc65)cccc34)n2)cc1. The van der Waals surface area contributed by atoms with Crippen LogP contribution in [0.25, 0.3) is 94.5 Å². The molecule has 0 aliphatic carbocycles. The van der Waals surface area contributed by atoms with Crippen LogP contribution in [0.15, 0.2) is 156 Å². The van der Waals surface area contributed by atoms with E-state index in [0.717, 1.165) is 49.5 Å². The van der Waals surface area contributed by atoms with Crippen LogP contribution in [-0.4, -0.2) is 24.5 Å². The van der Waals surface area contributed by atoms with Crippen molar-refractivity contribution in [3.63, 3.8) is 0 Å². The van der Waals surface area contributed by atoms with Crippen LogP contribution < -0.4 is 0 Å². The van der Waals surface area contributed by atoms with Crippen molar-refractivity contribution in [2.75, 3.05) is 0 Å². The second kappa shape index (κ2) is 10.4. The Kier molecular flexibility index (Phi) is 5.77. The lowest BCUT2D eigenvalue weighted by atomic mass is 10.0. The predicted octanol–water partition coefficient (Wildman–Crippen LogP) is 10.4. The molecule has 0 spiro atoms. The van der Waals surface area contributed by atoms with Crippen LogP contribution in [0, 0.1) is 0 Å². The Morgan fingerprint density at radius 1 is 0.438 bits per heavy atom. The smallest absolute Gasteiger partial charge is 0.227 e. The van der Waals surface area contributed by atoms with Crippen LogP contribution >= 0.6 is 0 Å². The van der Waals surface area contributed by atoms with Gasteiger partial charge in [-0.1, -0.05) is 97.1 Å². The van der Waals surface area contributed by atoms with E-state index in [9.17, 15) is 0 Å². The first-order valence-corrected chi connectivity index (χ1v) is 15.9. The summed E-state index contributed by atoms with van der Waals surface area (Å²) in [5.74, 6) is 1.82. The zero-order chi connectivity index (χ0) is 31.6. The van der Waals surface area contributed by atoms with E-state index in [0.29, 0.717) is 23.2 Å². The monoisotopic (exact) mass is 615 g/mol. The number of benzene rings is 6. The number of furan rings is 1. The van der Waals surface area contributed by atoms with Gasteiger partial charge >= 0.3 is 0 Å². The van der Waals surface area contributed by atoms with Crippen LogP contribution in [0.5, 0.6) is 0 Å². The number of hydrogen-bond acceptors (Lipinski definition) is 5. The highest BCUT2D eigenvalue weighted by Crippen LogP contribution is 2.38. The normalized spacial score (nSPS) is 11.8. The fourth-order valence-electron chi connectivity index (χ4n) is 6.96. The van der Waals surface area contributed by atoms with Crippen molar-refractivity contribution >= 4 is 54.6 Å². The Labute approximate surface area is 274 Å². The molecule has 6 nitrogen and oxygen atoms in total. The molecule has 10 rings (SSSR count). The Morgan fingerprint density at radius 2 is 1.08 bits per heavy atom. The summed E-state index contributed by atoms with van der Waals surface area (Å²) >= 11 is 0.